The van der Waals surface area contributed by atoms with Gasteiger partial charge in [0.05, 0.1) is 25.3 Å². The number of furan rings is 1. The highest BCUT2D eigenvalue weighted by molar-refractivity contribution is 5.76. The molecule has 122 valence electrons. The standard InChI is InChI=1S/C19H23NO3/c1-13-6-7-14(2)18(12-13)23-11-9-19(21)20-16-4-3-5-17-15(16)8-10-22-17/h6-8,10,12,16H,3-5,9,11H2,1-2H3,(H,20,21). The van der Waals surface area contributed by atoms with Crippen molar-refractivity contribution in [1.82, 2.24) is 5.32 Å². The van der Waals surface area contributed by atoms with Gasteiger partial charge in [0.2, 0.25) is 5.91 Å². The predicted molar refractivity (Wildman–Crippen MR) is 88.6 cm³/mol. The van der Waals surface area contributed by atoms with Crippen LogP contribution in [0.5, 0.6) is 5.75 Å². The van der Waals surface area contributed by atoms with Crippen LogP contribution in [0, 0.1) is 13.8 Å². The van der Waals surface area contributed by atoms with Crippen molar-refractivity contribution >= 4 is 5.91 Å². The Hall–Kier alpha value is -2.23. The van der Waals surface area contributed by atoms with Crippen LogP contribution >= 0.6 is 0 Å². The summed E-state index contributed by atoms with van der Waals surface area (Å²) >= 11 is 0. The van der Waals surface area contributed by atoms with Gasteiger partial charge in [-0.25, -0.2) is 0 Å². The second-order valence-corrected chi connectivity index (χ2v) is 6.18. The number of hydrogen-bond donors (Lipinski definition) is 1. The minimum atomic E-state index is 0.0226. The molecule has 1 heterocycles. The Kier molecular flexibility index (Phi) is 4.70. The highest BCUT2D eigenvalue weighted by Gasteiger charge is 2.23. The molecule has 1 aromatic heterocycles. The average molecular weight is 313 g/mol. The smallest absolute Gasteiger partial charge is 0.223 e. The van der Waals surface area contributed by atoms with Gasteiger partial charge in [-0.2, -0.15) is 0 Å². The second kappa shape index (κ2) is 6.90. The van der Waals surface area contributed by atoms with Crippen LogP contribution in [-0.2, 0) is 11.2 Å². The number of carbonyl (C=O) groups is 1. The molecule has 4 nitrogen and oxygen atoms in total. The molecule has 1 N–H and O–H groups in total. The van der Waals surface area contributed by atoms with Crippen molar-refractivity contribution in [3.05, 3.63) is 53.0 Å². The van der Waals surface area contributed by atoms with Gasteiger partial charge in [-0.3, -0.25) is 4.79 Å². The molecule has 23 heavy (non-hydrogen) atoms. The van der Waals surface area contributed by atoms with Crippen molar-refractivity contribution in [2.45, 2.75) is 45.6 Å². The first-order chi connectivity index (χ1) is 11.1. The van der Waals surface area contributed by atoms with Crippen LogP contribution in [0.3, 0.4) is 0 Å². The summed E-state index contributed by atoms with van der Waals surface area (Å²) in [7, 11) is 0. The minimum absolute atomic E-state index is 0.0226. The number of aryl methyl sites for hydroxylation is 3. The largest absolute Gasteiger partial charge is 0.493 e. The Morgan fingerprint density at radius 2 is 2.22 bits per heavy atom. The molecule has 0 radical (unpaired) electrons. The number of carbonyl (C=O) groups excluding carboxylic acids is 1. The molecule has 1 aliphatic rings. The highest BCUT2D eigenvalue weighted by atomic mass is 16.5. The summed E-state index contributed by atoms with van der Waals surface area (Å²) in [6.07, 6.45) is 5.04. The number of benzene rings is 1. The minimum Gasteiger partial charge on any atom is -0.493 e. The molecular formula is C19H23NO3. The normalized spacial score (nSPS) is 16.7. The van der Waals surface area contributed by atoms with Crippen LogP contribution < -0.4 is 10.1 Å². The first-order valence-corrected chi connectivity index (χ1v) is 8.19. The SMILES string of the molecule is Cc1ccc(C)c(OCCC(=O)NC2CCCc3occc32)c1. The molecule has 1 atom stereocenters. The van der Waals surface area contributed by atoms with Gasteiger partial charge in [-0.1, -0.05) is 12.1 Å². The Morgan fingerprint density at radius 1 is 1.35 bits per heavy atom. The van der Waals surface area contributed by atoms with Crippen LogP contribution in [0.4, 0.5) is 0 Å². The fourth-order valence-electron chi connectivity index (χ4n) is 3.02. The van der Waals surface area contributed by atoms with E-state index in [-0.39, 0.29) is 11.9 Å². The summed E-state index contributed by atoms with van der Waals surface area (Å²) < 4.78 is 11.2. The van der Waals surface area contributed by atoms with E-state index in [1.165, 1.54) is 0 Å². The fourth-order valence-corrected chi connectivity index (χ4v) is 3.02. The van der Waals surface area contributed by atoms with Crippen molar-refractivity contribution in [3.63, 3.8) is 0 Å². The van der Waals surface area contributed by atoms with Crippen molar-refractivity contribution in [1.29, 1.82) is 0 Å². The first-order valence-electron chi connectivity index (χ1n) is 8.19. The lowest BCUT2D eigenvalue weighted by molar-refractivity contribution is -0.122. The average Bonchev–Trinajstić information content (AvgIpc) is 3.00. The van der Waals surface area contributed by atoms with Gasteiger partial charge in [0, 0.05) is 12.0 Å². The molecule has 4 heteroatoms. The summed E-state index contributed by atoms with van der Waals surface area (Å²) in [4.78, 5) is 12.2. The lowest BCUT2D eigenvalue weighted by Gasteiger charge is -2.22. The number of amides is 1. The number of fused-ring (bicyclic) bond motifs is 1. The molecule has 0 bridgehead atoms. The van der Waals surface area contributed by atoms with Crippen LogP contribution in [-0.4, -0.2) is 12.5 Å². The third-order valence-electron chi connectivity index (χ3n) is 4.32. The molecule has 0 fully saturated rings. The van der Waals surface area contributed by atoms with Gasteiger partial charge in [-0.15, -0.1) is 0 Å². The first kappa shape index (κ1) is 15.7. The quantitative estimate of drug-likeness (QED) is 0.912. The molecule has 0 saturated heterocycles. The van der Waals surface area contributed by atoms with Gasteiger partial charge in [0.1, 0.15) is 11.5 Å². The van der Waals surface area contributed by atoms with Crippen molar-refractivity contribution in [2.75, 3.05) is 6.61 Å². The zero-order chi connectivity index (χ0) is 16.2. The van der Waals surface area contributed by atoms with Crippen LogP contribution in [0.25, 0.3) is 0 Å². The summed E-state index contributed by atoms with van der Waals surface area (Å²) in [6, 6.07) is 8.14. The van der Waals surface area contributed by atoms with Crippen LogP contribution in [0.2, 0.25) is 0 Å². The van der Waals surface area contributed by atoms with E-state index in [0.717, 1.165) is 47.5 Å². The molecule has 1 amide bonds. The van der Waals surface area contributed by atoms with E-state index >= 15 is 0 Å². The van der Waals surface area contributed by atoms with E-state index in [0.29, 0.717) is 13.0 Å². The molecule has 1 aromatic carbocycles. The van der Waals surface area contributed by atoms with E-state index in [1.807, 2.05) is 32.0 Å². The zero-order valence-electron chi connectivity index (χ0n) is 13.7. The predicted octanol–water partition coefficient (Wildman–Crippen LogP) is 3.86. The van der Waals surface area contributed by atoms with E-state index in [9.17, 15) is 4.79 Å². The zero-order valence-corrected chi connectivity index (χ0v) is 13.7. The third kappa shape index (κ3) is 3.76. The summed E-state index contributed by atoms with van der Waals surface area (Å²) in [5, 5.41) is 3.09. The van der Waals surface area contributed by atoms with Crippen molar-refractivity contribution in [2.24, 2.45) is 0 Å². The van der Waals surface area contributed by atoms with E-state index < -0.39 is 0 Å². The van der Waals surface area contributed by atoms with Gasteiger partial charge in [0.15, 0.2) is 0 Å². The van der Waals surface area contributed by atoms with Crippen molar-refractivity contribution in [3.8, 4) is 5.75 Å². The fraction of sp³-hybridized carbons (Fsp3) is 0.421. The lowest BCUT2D eigenvalue weighted by atomic mass is 9.93. The molecule has 0 aliphatic heterocycles. The second-order valence-electron chi connectivity index (χ2n) is 6.18. The number of rotatable bonds is 5. The van der Waals surface area contributed by atoms with Crippen molar-refractivity contribution < 1.29 is 13.9 Å². The maximum atomic E-state index is 12.2. The highest BCUT2D eigenvalue weighted by Crippen LogP contribution is 2.30. The van der Waals surface area contributed by atoms with E-state index in [4.69, 9.17) is 9.15 Å². The maximum absolute atomic E-state index is 12.2. The molecule has 3 rings (SSSR count). The Bertz CT molecular complexity index is 690. The van der Waals surface area contributed by atoms with Gasteiger partial charge in [-0.05, 0) is 49.9 Å². The number of hydrogen-bond acceptors (Lipinski definition) is 3. The van der Waals surface area contributed by atoms with Crippen LogP contribution in [0.1, 0.15) is 47.8 Å². The third-order valence-corrected chi connectivity index (χ3v) is 4.32. The maximum Gasteiger partial charge on any atom is 0.223 e. The van der Waals surface area contributed by atoms with Gasteiger partial charge < -0.3 is 14.5 Å². The van der Waals surface area contributed by atoms with E-state index in [2.05, 4.69) is 11.4 Å². The molecule has 0 saturated carbocycles. The topological polar surface area (TPSA) is 51.5 Å². The molecule has 2 aromatic rings. The summed E-state index contributed by atoms with van der Waals surface area (Å²) in [6.45, 7) is 4.43. The molecule has 1 unspecified atom stereocenters. The molecule has 0 spiro atoms. The van der Waals surface area contributed by atoms with E-state index in [1.54, 1.807) is 6.26 Å². The number of ether oxygens (including phenoxy) is 1. The molecular weight excluding hydrogens is 290 g/mol. The van der Waals surface area contributed by atoms with Gasteiger partial charge in [0.25, 0.3) is 0 Å². The van der Waals surface area contributed by atoms with Gasteiger partial charge >= 0.3 is 0 Å². The Labute approximate surface area is 136 Å². The summed E-state index contributed by atoms with van der Waals surface area (Å²) in [5.74, 6) is 1.88. The lowest BCUT2D eigenvalue weighted by Crippen LogP contribution is -2.31. The van der Waals surface area contributed by atoms with Crippen LogP contribution in [0.15, 0.2) is 34.9 Å². The number of nitrogens with one attached hydrogen (secondary N) is 1. The monoisotopic (exact) mass is 313 g/mol. The molecule has 1 aliphatic carbocycles. The Morgan fingerprint density at radius 3 is 3.09 bits per heavy atom. The Balaban J connectivity index is 1.50. The summed E-state index contributed by atoms with van der Waals surface area (Å²) in [5.41, 5.74) is 3.37.